The lowest BCUT2D eigenvalue weighted by Crippen LogP contribution is -2.16. The minimum absolute atomic E-state index is 0.0932. The van der Waals surface area contributed by atoms with Crippen LogP contribution >= 0.6 is 0 Å². The molecule has 1 aromatic rings. The Morgan fingerprint density at radius 3 is 2.63 bits per heavy atom. The summed E-state index contributed by atoms with van der Waals surface area (Å²) in [5.41, 5.74) is 6.54. The second kappa shape index (κ2) is 6.29. The van der Waals surface area contributed by atoms with Gasteiger partial charge < -0.3 is 15.6 Å². The molecule has 0 saturated carbocycles. The number of ether oxygens (including phenoxy) is 1. The van der Waals surface area contributed by atoms with Gasteiger partial charge in [-0.2, -0.15) is 0 Å². The number of aliphatic carboxylic acids is 1. The Morgan fingerprint density at radius 1 is 1.47 bits per heavy atom. The molecule has 3 N–H and O–H groups in total. The molecule has 0 aliphatic carbocycles. The largest absolute Gasteiger partial charge is 0.481 e. The van der Waals surface area contributed by atoms with E-state index in [1.807, 2.05) is 0 Å². The molecule has 0 aromatic heterocycles. The van der Waals surface area contributed by atoms with Crippen molar-refractivity contribution in [3.8, 4) is 0 Å². The Bertz CT molecular complexity index is 502. The van der Waals surface area contributed by atoms with Crippen LogP contribution in [-0.4, -0.2) is 24.2 Å². The lowest BCUT2D eigenvalue weighted by atomic mass is 9.97. The number of carboxylic acids is 1. The van der Waals surface area contributed by atoms with Crippen LogP contribution in [0.1, 0.15) is 40.4 Å². The first-order valence-electron chi connectivity index (χ1n) is 5.72. The number of carbonyl (C=O) groups is 2. The molecule has 1 unspecified atom stereocenters. The van der Waals surface area contributed by atoms with E-state index < -0.39 is 23.8 Å². The molecule has 0 spiro atoms. The maximum atomic E-state index is 13.8. The number of carboxylic acid groups (broad SMARTS) is 1. The molecule has 0 aliphatic rings. The van der Waals surface area contributed by atoms with Crippen molar-refractivity contribution >= 4 is 11.9 Å². The van der Waals surface area contributed by atoms with Crippen LogP contribution in [0.15, 0.2) is 12.1 Å². The number of benzene rings is 1. The van der Waals surface area contributed by atoms with E-state index in [1.165, 1.54) is 19.2 Å². The van der Waals surface area contributed by atoms with Crippen molar-refractivity contribution in [2.45, 2.75) is 25.8 Å². The average molecular weight is 269 g/mol. The summed E-state index contributed by atoms with van der Waals surface area (Å²) in [4.78, 5) is 22.0. The van der Waals surface area contributed by atoms with E-state index in [1.54, 1.807) is 6.92 Å². The van der Waals surface area contributed by atoms with Gasteiger partial charge in [0.15, 0.2) is 0 Å². The van der Waals surface area contributed by atoms with Gasteiger partial charge in [0.1, 0.15) is 5.82 Å². The standard InChI is InChI=1S/C13H16FNO4/c1-7-5-10(14)9(6-8(7)13(18)19-2)11(15)3-4-12(16)17/h5-6,11H,3-4,15H2,1-2H3,(H,16,17). The van der Waals surface area contributed by atoms with Crippen LogP contribution in [0, 0.1) is 12.7 Å². The summed E-state index contributed by atoms with van der Waals surface area (Å²) >= 11 is 0. The van der Waals surface area contributed by atoms with E-state index >= 15 is 0 Å². The van der Waals surface area contributed by atoms with E-state index in [0.29, 0.717) is 5.56 Å². The van der Waals surface area contributed by atoms with Gasteiger partial charge in [0, 0.05) is 18.0 Å². The number of halogens is 1. The highest BCUT2D eigenvalue weighted by molar-refractivity contribution is 5.91. The molecule has 0 aliphatic heterocycles. The van der Waals surface area contributed by atoms with Gasteiger partial charge in [-0.3, -0.25) is 4.79 Å². The number of nitrogens with two attached hydrogens (primary N) is 1. The van der Waals surface area contributed by atoms with Gasteiger partial charge in [-0.25, -0.2) is 9.18 Å². The van der Waals surface area contributed by atoms with E-state index in [9.17, 15) is 14.0 Å². The Balaban J connectivity index is 3.06. The Morgan fingerprint density at radius 2 is 2.11 bits per heavy atom. The zero-order valence-electron chi connectivity index (χ0n) is 10.8. The van der Waals surface area contributed by atoms with Crippen LogP contribution in [0.2, 0.25) is 0 Å². The molecular weight excluding hydrogens is 253 g/mol. The van der Waals surface area contributed by atoms with Gasteiger partial charge in [0.2, 0.25) is 0 Å². The predicted molar refractivity (Wildman–Crippen MR) is 66.3 cm³/mol. The monoisotopic (exact) mass is 269 g/mol. The maximum absolute atomic E-state index is 13.8. The first kappa shape index (κ1) is 15.1. The van der Waals surface area contributed by atoms with Crippen LogP contribution in [-0.2, 0) is 9.53 Å². The summed E-state index contributed by atoms with van der Waals surface area (Å²) in [6.45, 7) is 1.59. The fourth-order valence-corrected chi connectivity index (χ4v) is 1.74. The van der Waals surface area contributed by atoms with Crippen LogP contribution in [0.4, 0.5) is 4.39 Å². The van der Waals surface area contributed by atoms with Crippen molar-refractivity contribution in [1.82, 2.24) is 0 Å². The van der Waals surface area contributed by atoms with Gasteiger partial charge in [-0.05, 0) is 31.0 Å². The van der Waals surface area contributed by atoms with Gasteiger partial charge in [-0.1, -0.05) is 0 Å². The van der Waals surface area contributed by atoms with Gasteiger partial charge >= 0.3 is 11.9 Å². The first-order valence-corrected chi connectivity index (χ1v) is 5.72. The first-order chi connectivity index (χ1) is 8.86. The topological polar surface area (TPSA) is 89.6 Å². The number of esters is 1. The molecule has 1 aromatic carbocycles. The van der Waals surface area contributed by atoms with Gasteiger partial charge in [0.25, 0.3) is 0 Å². The third-order valence-electron chi connectivity index (χ3n) is 2.82. The molecule has 19 heavy (non-hydrogen) atoms. The van der Waals surface area contributed by atoms with E-state index in [-0.39, 0.29) is 24.0 Å². The van der Waals surface area contributed by atoms with Crippen molar-refractivity contribution in [3.05, 3.63) is 34.6 Å². The summed E-state index contributed by atoms with van der Waals surface area (Å²) < 4.78 is 18.4. The second-order valence-electron chi connectivity index (χ2n) is 4.22. The van der Waals surface area contributed by atoms with E-state index in [0.717, 1.165) is 0 Å². The summed E-state index contributed by atoms with van der Waals surface area (Å²) in [6, 6.07) is 1.74. The zero-order chi connectivity index (χ0) is 14.6. The molecule has 0 amide bonds. The minimum Gasteiger partial charge on any atom is -0.481 e. The van der Waals surface area contributed by atoms with Crippen molar-refractivity contribution < 1.29 is 23.8 Å². The lowest BCUT2D eigenvalue weighted by Gasteiger charge is -2.14. The van der Waals surface area contributed by atoms with Crippen LogP contribution in [0.25, 0.3) is 0 Å². The number of rotatable bonds is 5. The fraction of sp³-hybridized carbons (Fsp3) is 0.385. The highest BCUT2D eigenvalue weighted by atomic mass is 19.1. The van der Waals surface area contributed by atoms with Crippen LogP contribution in [0.3, 0.4) is 0 Å². The van der Waals surface area contributed by atoms with Crippen molar-refractivity contribution in [2.75, 3.05) is 7.11 Å². The smallest absolute Gasteiger partial charge is 0.338 e. The van der Waals surface area contributed by atoms with Crippen molar-refractivity contribution in [1.29, 1.82) is 0 Å². The quantitative estimate of drug-likeness (QED) is 0.795. The van der Waals surface area contributed by atoms with E-state index in [4.69, 9.17) is 10.8 Å². The van der Waals surface area contributed by atoms with E-state index in [2.05, 4.69) is 4.74 Å². The Kier molecular flexibility index (Phi) is 5.00. The number of hydrogen-bond donors (Lipinski definition) is 2. The molecule has 1 rings (SSSR count). The Hall–Kier alpha value is -1.95. The maximum Gasteiger partial charge on any atom is 0.338 e. The molecule has 104 valence electrons. The number of hydrogen-bond acceptors (Lipinski definition) is 4. The fourth-order valence-electron chi connectivity index (χ4n) is 1.74. The Labute approximate surface area is 110 Å². The summed E-state index contributed by atoms with van der Waals surface area (Å²) in [6.07, 6.45) is -0.0715. The lowest BCUT2D eigenvalue weighted by molar-refractivity contribution is -0.137. The molecule has 0 saturated heterocycles. The second-order valence-corrected chi connectivity index (χ2v) is 4.22. The van der Waals surface area contributed by atoms with Crippen LogP contribution < -0.4 is 5.73 Å². The van der Waals surface area contributed by atoms with Crippen molar-refractivity contribution in [2.24, 2.45) is 5.73 Å². The highest BCUT2D eigenvalue weighted by Crippen LogP contribution is 2.23. The minimum atomic E-state index is -1.00. The molecule has 0 heterocycles. The molecule has 1 atom stereocenters. The number of carbonyl (C=O) groups excluding carboxylic acids is 1. The number of methoxy groups -OCH3 is 1. The third-order valence-corrected chi connectivity index (χ3v) is 2.82. The van der Waals surface area contributed by atoms with Crippen LogP contribution in [0.5, 0.6) is 0 Å². The molecular formula is C13H16FNO4. The summed E-state index contributed by atoms with van der Waals surface area (Å²) in [7, 11) is 1.23. The molecule has 5 nitrogen and oxygen atoms in total. The summed E-state index contributed by atoms with van der Waals surface area (Å²) in [5, 5.41) is 8.58. The zero-order valence-corrected chi connectivity index (χ0v) is 10.8. The molecule has 0 fully saturated rings. The molecule has 0 radical (unpaired) electrons. The normalized spacial score (nSPS) is 12.0. The summed E-state index contributed by atoms with van der Waals surface area (Å²) in [5.74, 6) is -2.14. The third kappa shape index (κ3) is 3.75. The van der Waals surface area contributed by atoms with Gasteiger partial charge in [0.05, 0.1) is 12.7 Å². The average Bonchev–Trinajstić information content (AvgIpc) is 2.35. The SMILES string of the molecule is COC(=O)c1cc(C(N)CCC(=O)O)c(F)cc1C. The predicted octanol–water partition coefficient (Wildman–Crippen LogP) is 1.79. The number of aryl methyl sites for hydroxylation is 1. The van der Waals surface area contributed by atoms with Gasteiger partial charge in [-0.15, -0.1) is 0 Å². The van der Waals surface area contributed by atoms with Crippen molar-refractivity contribution in [3.63, 3.8) is 0 Å². The molecule has 6 heteroatoms. The highest BCUT2D eigenvalue weighted by Gasteiger charge is 2.18. The molecule has 0 bridgehead atoms.